The summed E-state index contributed by atoms with van der Waals surface area (Å²) >= 11 is 0. The van der Waals surface area contributed by atoms with Crippen LogP contribution in [-0.4, -0.2) is 35.5 Å². The molecule has 0 unspecified atom stereocenters. The zero-order valence-electron chi connectivity index (χ0n) is 10.5. The summed E-state index contributed by atoms with van der Waals surface area (Å²) in [5.74, 6) is -1.23. The lowest BCUT2D eigenvalue weighted by atomic mass is 9.90. The van der Waals surface area contributed by atoms with Gasteiger partial charge in [-0.1, -0.05) is 6.07 Å². The molecule has 1 amide bonds. The van der Waals surface area contributed by atoms with Crippen molar-refractivity contribution in [2.24, 2.45) is 0 Å². The predicted octanol–water partition coefficient (Wildman–Crippen LogP) is 1.72. The molecule has 18 heavy (non-hydrogen) atoms. The van der Waals surface area contributed by atoms with Gasteiger partial charge in [0.25, 0.3) is 5.91 Å². The van der Waals surface area contributed by atoms with E-state index < -0.39 is 5.97 Å². The second-order valence-electron chi connectivity index (χ2n) is 4.75. The molecule has 4 nitrogen and oxygen atoms in total. The van der Waals surface area contributed by atoms with Gasteiger partial charge in [0.2, 0.25) is 0 Å². The molecular formula is C14H17NO3. The highest BCUT2D eigenvalue weighted by Crippen LogP contribution is 2.22. The molecule has 1 aromatic rings. The first kappa shape index (κ1) is 12.6. The van der Waals surface area contributed by atoms with E-state index in [9.17, 15) is 9.59 Å². The fourth-order valence-corrected chi connectivity index (χ4v) is 2.36. The molecule has 0 saturated heterocycles. The Balaban J connectivity index is 2.18. The predicted molar refractivity (Wildman–Crippen MR) is 67.7 cm³/mol. The first-order chi connectivity index (χ1) is 8.58. The summed E-state index contributed by atoms with van der Waals surface area (Å²) < 4.78 is 0. The zero-order chi connectivity index (χ0) is 13.1. The van der Waals surface area contributed by atoms with Gasteiger partial charge in [-0.05, 0) is 48.9 Å². The van der Waals surface area contributed by atoms with Gasteiger partial charge in [0.15, 0.2) is 0 Å². The van der Waals surface area contributed by atoms with Crippen molar-refractivity contribution < 1.29 is 14.7 Å². The van der Waals surface area contributed by atoms with E-state index in [0.717, 1.165) is 19.3 Å². The molecule has 0 bridgehead atoms. The van der Waals surface area contributed by atoms with Gasteiger partial charge in [0.05, 0.1) is 0 Å². The highest BCUT2D eigenvalue weighted by Gasteiger charge is 2.17. The highest BCUT2D eigenvalue weighted by molar-refractivity contribution is 5.95. The number of amides is 1. The van der Waals surface area contributed by atoms with Crippen molar-refractivity contribution in [3.8, 4) is 0 Å². The number of nitrogens with zero attached hydrogens (tertiary/aromatic N) is 1. The number of benzene rings is 1. The average Bonchev–Trinajstić information content (AvgIpc) is 2.36. The Morgan fingerprint density at radius 3 is 2.56 bits per heavy atom. The molecule has 0 aromatic heterocycles. The molecule has 0 spiro atoms. The van der Waals surface area contributed by atoms with Crippen LogP contribution in [0.3, 0.4) is 0 Å². The summed E-state index contributed by atoms with van der Waals surface area (Å²) in [6, 6.07) is 5.70. The van der Waals surface area contributed by atoms with Crippen LogP contribution in [0, 0.1) is 0 Å². The molecule has 0 saturated carbocycles. The van der Waals surface area contributed by atoms with Gasteiger partial charge in [-0.2, -0.15) is 0 Å². The van der Waals surface area contributed by atoms with Crippen LogP contribution < -0.4 is 0 Å². The fourth-order valence-electron chi connectivity index (χ4n) is 2.36. The Hall–Kier alpha value is -1.84. The summed E-state index contributed by atoms with van der Waals surface area (Å²) in [5, 5.41) is 8.68. The van der Waals surface area contributed by atoms with E-state index in [1.807, 2.05) is 12.1 Å². The van der Waals surface area contributed by atoms with Gasteiger partial charge in [-0.25, -0.2) is 0 Å². The van der Waals surface area contributed by atoms with Gasteiger partial charge < -0.3 is 10.0 Å². The Labute approximate surface area is 106 Å². The lowest BCUT2D eigenvalue weighted by Gasteiger charge is -2.19. The van der Waals surface area contributed by atoms with Crippen LogP contribution in [0.2, 0.25) is 0 Å². The third-order valence-corrected chi connectivity index (χ3v) is 3.31. The molecular weight excluding hydrogens is 230 g/mol. The third-order valence-electron chi connectivity index (χ3n) is 3.31. The number of hydrogen-bond acceptors (Lipinski definition) is 2. The molecule has 1 aromatic carbocycles. The molecule has 96 valence electrons. The van der Waals surface area contributed by atoms with Crippen molar-refractivity contribution >= 4 is 11.9 Å². The van der Waals surface area contributed by atoms with Crippen LogP contribution in [0.4, 0.5) is 0 Å². The Bertz CT molecular complexity index is 482. The van der Waals surface area contributed by atoms with Crippen molar-refractivity contribution in [1.29, 1.82) is 0 Å². The van der Waals surface area contributed by atoms with Gasteiger partial charge in [-0.3, -0.25) is 9.59 Å². The quantitative estimate of drug-likeness (QED) is 0.884. The number of aryl methyl sites for hydroxylation is 2. The summed E-state index contributed by atoms with van der Waals surface area (Å²) in [5.41, 5.74) is 3.13. The minimum Gasteiger partial charge on any atom is -0.480 e. The second kappa shape index (κ2) is 5.21. The van der Waals surface area contributed by atoms with Crippen LogP contribution in [0.5, 0.6) is 0 Å². The Morgan fingerprint density at radius 2 is 1.89 bits per heavy atom. The number of aliphatic carboxylic acids is 1. The number of hydrogen-bond donors (Lipinski definition) is 1. The van der Waals surface area contributed by atoms with Gasteiger partial charge in [0.1, 0.15) is 6.54 Å². The maximum absolute atomic E-state index is 12.0. The summed E-state index contributed by atoms with van der Waals surface area (Å²) in [4.78, 5) is 23.8. The molecule has 0 heterocycles. The van der Waals surface area contributed by atoms with E-state index >= 15 is 0 Å². The van der Waals surface area contributed by atoms with Crippen LogP contribution in [0.1, 0.15) is 34.3 Å². The third kappa shape index (κ3) is 2.70. The monoisotopic (exact) mass is 247 g/mol. The molecule has 0 radical (unpaired) electrons. The van der Waals surface area contributed by atoms with Crippen LogP contribution in [0.25, 0.3) is 0 Å². The van der Waals surface area contributed by atoms with Crippen LogP contribution in [-0.2, 0) is 17.6 Å². The first-order valence-corrected chi connectivity index (χ1v) is 6.17. The lowest BCUT2D eigenvalue weighted by Crippen LogP contribution is -2.32. The summed E-state index contributed by atoms with van der Waals surface area (Å²) in [6.07, 6.45) is 4.46. The normalized spacial score (nSPS) is 13.8. The van der Waals surface area contributed by atoms with E-state index in [2.05, 4.69) is 0 Å². The minimum absolute atomic E-state index is 0.231. The fraction of sp³-hybridized carbons (Fsp3) is 0.429. The number of rotatable bonds is 3. The molecule has 0 fully saturated rings. The van der Waals surface area contributed by atoms with Gasteiger partial charge in [0, 0.05) is 12.6 Å². The summed E-state index contributed by atoms with van der Waals surface area (Å²) in [7, 11) is 1.51. The van der Waals surface area contributed by atoms with Crippen molar-refractivity contribution in [3.63, 3.8) is 0 Å². The maximum Gasteiger partial charge on any atom is 0.323 e. The Morgan fingerprint density at radius 1 is 1.22 bits per heavy atom. The van der Waals surface area contributed by atoms with E-state index in [4.69, 9.17) is 5.11 Å². The van der Waals surface area contributed by atoms with Crippen molar-refractivity contribution in [1.82, 2.24) is 4.90 Å². The second-order valence-corrected chi connectivity index (χ2v) is 4.75. The number of carbonyl (C=O) groups is 2. The molecule has 2 rings (SSSR count). The molecule has 1 N–H and O–H groups in total. The molecule has 0 aliphatic heterocycles. The Kier molecular flexibility index (Phi) is 3.65. The minimum atomic E-state index is -0.996. The highest BCUT2D eigenvalue weighted by atomic mass is 16.4. The van der Waals surface area contributed by atoms with Crippen LogP contribution in [0.15, 0.2) is 18.2 Å². The zero-order valence-corrected chi connectivity index (χ0v) is 10.5. The summed E-state index contributed by atoms with van der Waals surface area (Å²) in [6.45, 7) is -0.268. The number of carboxylic acid groups (broad SMARTS) is 1. The van der Waals surface area contributed by atoms with E-state index in [-0.39, 0.29) is 12.5 Å². The van der Waals surface area contributed by atoms with Gasteiger partial charge >= 0.3 is 5.97 Å². The largest absolute Gasteiger partial charge is 0.480 e. The molecule has 4 heteroatoms. The number of likely N-dealkylation sites (N-methyl/N-ethyl adjacent to an activating group) is 1. The number of carbonyl (C=O) groups excluding carboxylic acids is 1. The maximum atomic E-state index is 12.0. The lowest BCUT2D eigenvalue weighted by molar-refractivity contribution is -0.137. The SMILES string of the molecule is CN(CC(=O)O)C(=O)c1ccc2c(c1)CCCC2. The van der Waals surface area contributed by atoms with E-state index in [1.165, 1.54) is 29.5 Å². The molecule has 1 aliphatic rings. The average molecular weight is 247 g/mol. The molecule has 0 atom stereocenters. The van der Waals surface area contributed by atoms with Crippen molar-refractivity contribution in [2.75, 3.05) is 13.6 Å². The standard InChI is InChI=1S/C14H17NO3/c1-15(9-13(16)17)14(18)12-7-6-10-4-2-3-5-11(10)8-12/h6-8H,2-5,9H2,1H3,(H,16,17). The topological polar surface area (TPSA) is 57.6 Å². The number of fused-ring (bicyclic) bond motifs is 1. The molecule has 1 aliphatic carbocycles. The smallest absolute Gasteiger partial charge is 0.323 e. The van der Waals surface area contributed by atoms with E-state index in [1.54, 1.807) is 6.07 Å². The van der Waals surface area contributed by atoms with Gasteiger partial charge in [-0.15, -0.1) is 0 Å². The van der Waals surface area contributed by atoms with Crippen molar-refractivity contribution in [3.05, 3.63) is 34.9 Å². The van der Waals surface area contributed by atoms with E-state index in [0.29, 0.717) is 5.56 Å². The van der Waals surface area contributed by atoms with Crippen LogP contribution >= 0.6 is 0 Å². The number of carboxylic acids is 1. The van der Waals surface area contributed by atoms with Crippen molar-refractivity contribution in [2.45, 2.75) is 25.7 Å². The first-order valence-electron chi connectivity index (χ1n) is 6.17.